The monoisotopic (exact) mass is 280 g/mol. The van der Waals surface area contributed by atoms with Crippen molar-refractivity contribution in [2.75, 3.05) is 5.32 Å². The molecule has 21 heavy (non-hydrogen) atoms. The number of anilines is 1. The summed E-state index contributed by atoms with van der Waals surface area (Å²) in [7, 11) is 0. The predicted molar refractivity (Wildman–Crippen MR) is 78.0 cm³/mol. The summed E-state index contributed by atoms with van der Waals surface area (Å²) >= 11 is 0. The highest BCUT2D eigenvalue weighted by atomic mass is 16.6. The Balaban J connectivity index is 1.74. The molecule has 1 aromatic heterocycles. The van der Waals surface area contributed by atoms with Crippen molar-refractivity contribution in [1.29, 1.82) is 0 Å². The van der Waals surface area contributed by atoms with E-state index in [9.17, 15) is 4.79 Å². The summed E-state index contributed by atoms with van der Waals surface area (Å²) in [6.45, 7) is 0. The molecule has 3 aromatic rings. The minimum Gasteiger partial charge on any atom is -0.410 e. The van der Waals surface area contributed by atoms with Gasteiger partial charge in [-0.1, -0.05) is 53.7 Å². The molecule has 5 heteroatoms. The van der Waals surface area contributed by atoms with Gasteiger partial charge in [0.2, 0.25) is 5.88 Å². The van der Waals surface area contributed by atoms with Gasteiger partial charge in [0.1, 0.15) is 5.75 Å². The van der Waals surface area contributed by atoms with Crippen LogP contribution < -0.4 is 10.1 Å². The standard InChI is InChI=1S/C16H12N2O3/c19-16(20-13-9-5-2-6-10-13)18-15-14(11-17-21-15)12-7-3-1-4-8-12/h1-11H,(H,18,19). The number of benzene rings is 2. The van der Waals surface area contributed by atoms with E-state index in [0.29, 0.717) is 11.3 Å². The van der Waals surface area contributed by atoms with Gasteiger partial charge in [-0.25, -0.2) is 4.79 Å². The molecule has 5 nitrogen and oxygen atoms in total. The van der Waals surface area contributed by atoms with Crippen LogP contribution in [0, 0.1) is 0 Å². The Morgan fingerprint density at radius 2 is 1.67 bits per heavy atom. The van der Waals surface area contributed by atoms with Gasteiger partial charge < -0.3 is 9.26 Å². The first-order valence-corrected chi connectivity index (χ1v) is 6.37. The van der Waals surface area contributed by atoms with Gasteiger partial charge in [-0.2, -0.15) is 0 Å². The molecular formula is C16H12N2O3. The number of carbonyl (C=O) groups is 1. The van der Waals surface area contributed by atoms with Crippen molar-refractivity contribution in [3.8, 4) is 16.9 Å². The van der Waals surface area contributed by atoms with Gasteiger partial charge in [0, 0.05) is 0 Å². The molecule has 0 saturated heterocycles. The number of carbonyl (C=O) groups excluding carboxylic acids is 1. The maximum Gasteiger partial charge on any atom is 0.419 e. The topological polar surface area (TPSA) is 64.4 Å². The highest BCUT2D eigenvalue weighted by Crippen LogP contribution is 2.27. The molecule has 0 atom stereocenters. The largest absolute Gasteiger partial charge is 0.419 e. The second kappa shape index (κ2) is 5.92. The minimum absolute atomic E-state index is 0.252. The smallest absolute Gasteiger partial charge is 0.410 e. The average Bonchev–Trinajstić information content (AvgIpc) is 2.97. The van der Waals surface area contributed by atoms with Crippen LogP contribution in [-0.2, 0) is 0 Å². The molecule has 1 heterocycles. The van der Waals surface area contributed by atoms with Gasteiger partial charge in [0.15, 0.2) is 0 Å². The van der Waals surface area contributed by atoms with Crippen LogP contribution in [0.15, 0.2) is 71.4 Å². The Morgan fingerprint density at radius 3 is 2.38 bits per heavy atom. The second-order valence-electron chi connectivity index (χ2n) is 4.26. The van der Waals surface area contributed by atoms with Crippen molar-refractivity contribution in [3.05, 3.63) is 66.9 Å². The lowest BCUT2D eigenvalue weighted by atomic mass is 10.1. The molecule has 0 aliphatic carbocycles. The number of hydrogen-bond donors (Lipinski definition) is 1. The third-order valence-electron chi connectivity index (χ3n) is 2.82. The summed E-state index contributed by atoms with van der Waals surface area (Å²) in [6, 6.07) is 18.3. The summed E-state index contributed by atoms with van der Waals surface area (Å²) in [6.07, 6.45) is 0.920. The molecule has 0 aliphatic rings. The summed E-state index contributed by atoms with van der Waals surface area (Å²) < 4.78 is 10.2. The van der Waals surface area contributed by atoms with Gasteiger partial charge in [-0.15, -0.1) is 0 Å². The minimum atomic E-state index is -0.630. The Hall–Kier alpha value is -3.08. The number of aromatic nitrogens is 1. The molecule has 0 spiro atoms. The first kappa shape index (κ1) is 12.9. The van der Waals surface area contributed by atoms with E-state index in [1.165, 1.54) is 0 Å². The number of hydrogen-bond acceptors (Lipinski definition) is 4. The Bertz CT molecular complexity index is 724. The lowest BCUT2D eigenvalue weighted by Crippen LogP contribution is -2.16. The van der Waals surface area contributed by atoms with Gasteiger partial charge in [-0.05, 0) is 17.7 Å². The van der Waals surface area contributed by atoms with E-state index >= 15 is 0 Å². The number of nitrogens with one attached hydrogen (secondary N) is 1. The molecule has 0 radical (unpaired) electrons. The third-order valence-corrected chi connectivity index (χ3v) is 2.82. The number of rotatable bonds is 3. The Labute approximate surface area is 121 Å². The highest BCUT2D eigenvalue weighted by Gasteiger charge is 2.14. The molecule has 1 N–H and O–H groups in total. The van der Waals surface area contributed by atoms with Gasteiger partial charge >= 0.3 is 6.09 Å². The molecule has 0 unspecified atom stereocenters. The number of para-hydroxylation sites is 1. The SMILES string of the molecule is O=C(Nc1oncc1-c1ccccc1)Oc1ccccc1. The van der Waals surface area contributed by atoms with Crippen LogP contribution in [-0.4, -0.2) is 11.2 Å². The zero-order valence-electron chi connectivity index (χ0n) is 11.0. The first-order valence-electron chi connectivity index (χ1n) is 6.37. The summed E-state index contributed by atoms with van der Waals surface area (Å²) in [4.78, 5) is 11.8. The van der Waals surface area contributed by atoms with Crippen molar-refractivity contribution < 1.29 is 14.1 Å². The lowest BCUT2D eigenvalue weighted by molar-refractivity contribution is 0.214. The van der Waals surface area contributed by atoms with Crippen molar-refractivity contribution in [3.63, 3.8) is 0 Å². The molecule has 0 fully saturated rings. The molecule has 104 valence electrons. The second-order valence-corrected chi connectivity index (χ2v) is 4.26. The summed E-state index contributed by atoms with van der Waals surface area (Å²) in [5.41, 5.74) is 1.59. The average molecular weight is 280 g/mol. The normalized spacial score (nSPS) is 10.1. The fourth-order valence-corrected chi connectivity index (χ4v) is 1.87. The zero-order valence-corrected chi connectivity index (χ0v) is 11.0. The van der Waals surface area contributed by atoms with Gasteiger partial charge in [0.25, 0.3) is 0 Å². The number of ether oxygens (including phenoxy) is 1. The van der Waals surface area contributed by atoms with Crippen LogP contribution in [0.4, 0.5) is 10.7 Å². The Morgan fingerprint density at radius 1 is 1.00 bits per heavy atom. The first-order chi connectivity index (χ1) is 10.3. The third kappa shape index (κ3) is 3.09. The van der Waals surface area contributed by atoms with E-state index in [-0.39, 0.29) is 5.88 Å². The maximum atomic E-state index is 11.8. The molecule has 0 aliphatic heterocycles. The molecule has 0 bridgehead atoms. The van der Waals surface area contributed by atoms with E-state index in [1.807, 2.05) is 36.4 Å². The molecule has 1 amide bonds. The van der Waals surface area contributed by atoms with Crippen LogP contribution in [0.5, 0.6) is 5.75 Å². The number of amides is 1. The highest BCUT2D eigenvalue weighted by molar-refractivity contribution is 5.89. The quantitative estimate of drug-likeness (QED) is 0.788. The van der Waals surface area contributed by atoms with E-state index in [1.54, 1.807) is 30.5 Å². The van der Waals surface area contributed by atoms with E-state index in [0.717, 1.165) is 5.56 Å². The molecule has 3 rings (SSSR count). The van der Waals surface area contributed by atoms with Crippen LogP contribution in [0.25, 0.3) is 11.1 Å². The van der Waals surface area contributed by atoms with E-state index < -0.39 is 6.09 Å². The number of nitrogens with zero attached hydrogens (tertiary/aromatic N) is 1. The van der Waals surface area contributed by atoms with Crippen LogP contribution in [0.3, 0.4) is 0 Å². The van der Waals surface area contributed by atoms with Gasteiger partial charge in [0.05, 0.1) is 11.8 Å². The van der Waals surface area contributed by atoms with Crippen molar-refractivity contribution in [2.45, 2.75) is 0 Å². The van der Waals surface area contributed by atoms with Crippen molar-refractivity contribution >= 4 is 12.0 Å². The van der Waals surface area contributed by atoms with Crippen molar-refractivity contribution in [1.82, 2.24) is 5.16 Å². The maximum absolute atomic E-state index is 11.8. The fourth-order valence-electron chi connectivity index (χ4n) is 1.87. The van der Waals surface area contributed by atoms with Crippen LogP contribution >= 0.6 is 0 Å². The van der Waals surface area contributed by atoms with Crippen LogP contribution in [0.2, 0.25) is 0 Å². The van der Waals surface area contributed by atoms with Crippen LogP contribution in [0.1, 0.15) is 0 Å². The molecule has 2 aromatic carbocycles. The van der Waals surface area contributed by atoms with Crippen molar-refractivity contribution in [2.24, 2.45) is 0 Å². The summed E-state index contributed by atoms with van der Waals surface area (Å²) in [5, 5.41) is 6.26. The van der Waals surface area contributed by atoms with E-state index in [4.69, 9.17) is 9.26 Å². The molecular weight excluding hydrogens is 268 g/mol. The fraction of sp³-hybridized carbons (Fsp3) is 0. The Kier molecular flexibility index (Phi) is 3.64. The van der Waals surface area contributed by atoms with Gasteiger partial charge in [-0.3, -0.25) is 5.32 Å². The predicted octanol–water partition coefficient (Wildman–Crippen LogP) is 3.95. The summed E-state index contributed by atoms with van der Waals surface area (Å²) in [5.74, 6) is 0.706. The zero-order chi connectivity index (χ0) is 14.5. The van der Waals surface area contributed by atoms with E-state index in [2.05, 4.69) is 10.5 Å². The molecule has 0 saturated carbocycles. The lowest BCUT2D eigenvalue weighted by Gasteiger charge is -2.05.